The van der Waals surface area contributed by atoms with Crippen LogP contribution in [0.3, 0.4) is 0 Å². The highest BCUT2D eigenvalue weighted by atomic mass is 16.5. The third kappa shape index (κ3) is 5.73. The van der Waals surface area contributed by atoms with Crippen molar-refractivity contribution in [3.05, 3.63) is 126 Å². The third-order valence-electron chi connectivity index (χ3n) is 4.60. The molecule has 0 spiro atoms. The van der Waals surface area contributed by atoms with Crippen LogP contribution in [0.5, 0.6) is 17.2 Å². The predicted octanol–water partition coefficient (Wildman–Crippen LogP) is 6.41. The maximum Gasteiger partial charge on any atom is 0.338 e. The Kier molecular flexibility index (Phi) is 6.61. The first-order valence-corrected chi connectivity index (χ1v) is 10.0. The van der Waals surface area contributed by atoms with Gasteiger partial charge in [0, 0.05) is 0 Å². The molecular formula is C27H22O4. The van der Waals surface area contributed by atoms with Crippen molar-refractivity contribution >= 4 is 5.97 Å². The van der Waals surface area contributed by atoms with E-state index in [1.54, 1.807) is 18.2 Å². The smallest absolute Gasteiger partial charge is 0.338 e. The van der Waals surface area contributed by atoms with Gasteiger partial charge in [0.15, 0.2) is 11.5 Å². The van der Waals surface area contributed by atoms with Gasteiger partial charge in [-0.3, -0.25) is 0 Å². The maximum absolute atomic E-state index is 12.6. The lowest BCUT2D eigenvalue weighted by Gasteiger charge is -2.14. The Bertz CT molecular complexity index is 1110. The largest absolute Gasteiger partial charge is 0.485 e. The van der Waals surface area contributed by atoms with Gasteiger partial charge in [-0.15, -0.1) is 0 Å². The molecule has 0 saturated carbocycles. The zero-order valence-corrected chi connectivity index (χ0v) is 16.9. The number of rotatable bonds is 8. The van der Waals surface area contributed by atoms with Gasteiger partial charge in [0.1, 0.15) is 19.0 Å². The number of hydrogen-bond donors (Lipinski definition) is 0. The summed E-state index contributed by atoms with van der Waals surface area (Å²) in [5.41, 5.74) is 2.35. The van der Waals surface area contributed by atoms with Crippen LogP contribution < -0.4 is 9.47 Å². The van der Waals surface area contributed by atoms with Crippen LogP contribution >= 0.6 is 0 Å². The van der Waals surface area contributed by atoms with Crippen molar-refractivity contribution in [2.75, 3.05) is 0 Å². The van der Waals surface area contributed by atoms with E-state index in [0.29, 0.717) is 29.4 Å². The highest BCUT2D eigenvalue weighted by Gasteiger charge is 2.14. The molecule has 0 unspecified atom stereocenters. The number of para-hydroxylation sites is 1. The van der Waals surface area contributed by atoms with Crippen molar-refractivity contribution in [2.45, 2.75) is 13.2 Å². The number of esters is 1. The Balaban J connectivity index is 1.53. The number of hydrogen-bond acceptors (Lipinski definition) is 4. The predicted molar refractivity (Wildman–Crippen MR) is 119 cm³/mol. The summed E-state index contributed by atoms with van der Waals surface area (Å²) < 4.78 is 17.5. The highest BCUT2D eigenvalue weighted by molar-refractivity contribution is 5.90. The van der Waals surface area contributed by atoms with Crippen molar-refractivity contribution in [1.82, 2.24) is 0 Å². The van der Waals surface area contributed by atoms with E-state index >= 15 is 0 Å². The van der Waals surface area contributed by atoms with Gasteiger partial charge in [-0.1, -0.05) is 78.9 Å². The van der Waals surface area contributed by atoms with Crippen LogP contribution in [0.2, 0.25) is 0 Å². The quantitative estimate of drug-likeness (QED) is 0.315. The minimum absolute atomic E-state index is 0.210. The molecule has 4 rings (SSSR count). The first kappa shape index (κ1) is 20.2. The molecule has 4 nitrogen and oxygen atoms in total. The molecule has 0 saturated heterocycles. The molecule has 31 heavy (non-hydrogen) atoms. The van der Waals surface area contributed by atoms with Gasteiger partial charge in [-0.25, -0.2) is 4.79 Å². The normalized spacial score (nSPS) is 10.3. The van der Waals surface area contributed by atoms with Gasteiger partial charge >= 0.3 is 5.97 Å². The molecular weight excluding hydrogens is 388 g/mol. The number of carbonyl (C=O) groups excluding carboxylic acids is 1. The SMILES string of the molecule is O=C(OCc1ccccc1)c1ccc(Oc2ccccc2)c(OCc2ccccc2)c1. The number of ether oxygens (including phenoxy) is 3. The molecule has 4 heteroatoms. The molecule has 0 heterocycles. The number of benzene rings is 4. The fraction of sp³-hybridized carbons (Fsp3) is 0.0741. The Morgan fingerprint density at radius 3 is 1.84 bits per heavy atom. The average Bonchev–Trinajstić information content (AvgIpc) is 2.84. The fourth-order valence-electron chi connectivity index (χ4n) is 2.99. The maximum atomic E-state index is 12.6. The molecule has 4 aromatic rings. The lowest BCUT2D eigenvalue weighted by molar-refractivity contribution is 0.0472. The third-order valence-corrected chi connectivity index (χ3v) is 4.60. The van der Waals surface area contributed by atoms with Crippen LogP contribution in [0.4, 0.5) is 0 Å². The van der Waals surface area contributed by atoms with Gasteiger partial charge in [-0.2, -0.15) is 0 Å². The second kappa shape index (κ2) is 10.1. The summed E-state index contributed by atoms with van der Waals surface area (Å²) in [6.45, 7) is 0.566. The molecule has 0 bridgehead atoms. The van der Waals surface area contributed by atoms with Gasteiger partial charge in [-0.05, 0) is 41.5 Å². The summed E-state index contributed by atoms with van der Waals surface area (Å²) in [5, 5.41) is 0. The van der Waals surface area contributed by atoms with E-state index in [1.165, 1.54) is 0 Å². The Hall–Kier alpha value is -4.05. The van der Waals surface area contributed by atoms with Crippen molar-refractivity contribution in [2.24, 2.45) is 0 Å². The molecule has 154 valence electrons. The minimum atomic E-state index is -0.417. The summed E-state index contributed by atoms with van der Waals surface area (Å²) in [7, 11) is 0. The molecule has 0 aliphatic rings. The van der Waals surface area contributed by atoms with E-state index in [0.717, 1.165) is 11.1 Å². The topological polar surface area (TPSA) is 44.8 Å². The van der Waals surface area contributed by atoms with E-state index in [2.05, 4.69) is 0 Å². The van der Waals surface area contributed by atoms with Gasteiger partial charge in [0.25, 0.3) is 0 Å². The molecule has 0 atom stereocenters. The second-order valence-electron chi connectivity index (χ2n) is 6.91. The van der Waals surface area contributed by atoms with E-state index in [4.69, 9.17) is 14.2 Å². The molecule has 0 aromatic heterocycles. The lowest BCUT2D eigenvalue weighted by Crippen LogP contribution is -2.06. The van der Waals surface area contributed by atoms with Crippen molar-refractivity contribution in [3.63, 3.8) is 0 Å². The van der Waals surface area contributed by atoms with Crippen LogP contribution in [-0.2, 0) is 18.0 Å². The average molecular weight is 410 g/mol. The molecule has 0 aliphatic heterocycles. The molecule has 0 radical (unpaired) electrons. The van der Waals surface area contributed by atoms with Gasteiger partial charge in [0.05, 0.1) is 5.56 Å². The van der Waals surface area contributed by atoms with Gasteiger partial charge < -0.3 is 14.2 Å². The summed E-state index contributed by atoms with van der Waals surface area (Å²) in [6, 6.07) is 33.9. The zero-order valence-electron chi connectivity index (χ0n) is 16.9. The summed E-state index contributed by atoms with van der Waals surface area (Å²) >= 11 is 0. The highest BCUT2D eigenvalue weighted by Crippen LogP contribution is 2.33. The Morgan fingerprint density at radius 1 is 0.613 bits per heavy atom. The van der Waals surface area contributed by atoms with Crippen LogP contribution in [0, 0.1) is 0 Å². The zero-order chi connectivity index (χ0) is 21.3. The lowest BCUT2D eigenvalue weighted by atomic mass is 10.2. The molecule has 0 aliphatic carbocycles. The Morgan fingerprint density at radius 2 is 1.19 bits per heavy atom. The first-order chi connectivity index (χ1) is 15.3. The monoisotopic (exact) mass is 410 g/mol. The second-order valence-corrected chi connectivity index (χ2v) is 6.91. The molecule has 4 aromatic carbocycles. The fourth-order valence-corrected chi connectivity index (χ4v) is 2.99. The van der Waals surface area contributed by atoms with Crippen LogP contribution in [0.15, 0.2) is 109 Å². The molecule has 0 fully saturated rings. The van der Waals surface area contributed by atoms with Crippen LogP contribution in [0.25, 0.3) is 0 Å². The number of carbonyl (C=O) groups is 1. The standard InChI is InChI=1S/C27H22O4/c28-27(30-20-22-12-6-2-7-13-22)23-16-17-25(31-24-14-8-3-9-15-24)26(18-23)29-19-21-10-4-1-5-11-21/h1-18H,19-20H2. The summed E-state index contributed by atoms with van der Waals surface area (Å²) in [6.07, 6.45) is 0. The summed E-state index contributed by atoms with van der Waals surface area (Å²) in [4.78, 5) is 12.6. The molecule has 0 amide bonds. The molecule has 0 N–H and O–H groups in total. The Labute approximate surface area is 181 Å². The van der Waals surface area contributed by atoms with Crippen molar-refractivity contribution in [1.29, 1.82) is 0 Å². The minimum Gasteiger partial charge on any atom is -0.485 e. The van der Waals surface area contributed by atoms with E-state index < -0.39 is 5.97 Å². The van der Waals surface area contributed by atoms with E-state index in [9.17, 15) is 4.79 Å². The van der Waals surface area contributed by atoms with E-state index in [-0.39, 0.29) is 6.61 Å². The van der Waals surface area contributed by atoms with Crippen molar-refractivity contribution in [3.8, 4) is 17.2 Å². The van der Waals surface area contributed by atoms with Crippen LogP contribution in [-0.4, -0.2) is 5.97 Å². The van der Waals surface area contributed by atoms with Crippen LogP contribution in [0.1, 0.15) is 21.5 Å². The van der Waals surface area contributed by atoms with Gasteiger partial charge in [0.2, 0.25) is 0 Å². The van der Waals surface area contributed by atoms with E-state index in [1.807, 2.05) is 91.0 Å². The summed E-state index contributed by atoms with van der Waals surface area (Å²) in [5.74, 6) is 1.27. The first-order valence-electron chi connectivity index (χ1n) is 10.0. The van der Waals surface area contributed by atoms with Crippen molar-refractivity contribution < 1.29 is 19.0 Å².